The first-order valence-electron chi connectivity index (χ1n) is 6.48. The predicted octanol–water partition coefficient (Wildman–Crippen LogP) is 1.74. The highest BCUT2D eigenvalue weighted by Crippen LogP contribution is 2.20. The lowest BCUT2D eigenvalue weighted by Crippen LogP contribution is -2.55. The van der Waals surface area contributed by atoms with E-state index in [-0.39, 0.29) is 11.9 Å². The average molecular weight is 331 g/mol. The molecule has 0 aliphatic carbocycles. The van der Waals surface area contributed by atoms with Crippen molar-refractivity contribution >= 4 is 15.9 Å². The third-order valence-electron chi connectivity index (χ3n) is 3.77. The Labute approximate surface area is 122 Å². The highest BCUT2D eigenvalue weighted by molar-refractivity contribution is 9.10. The topological polar surface area (TPSA) is 26.7 Å². The molecule has 0 bridgehead atoms. The molecule has 1 fully saturated rings. The van der Waals surface area contributed by atoms with Crippen LogP contribution in [0.15, 0.2) is 22.7 Å². The Kier molecular flexibility index (Phi) is 4.95. The van der Waals surface area contributed by atoms with Crippen molar-refractivity contribution in [2.45, 2.75) is 18.6 Å². The standard InChI is InChI=1S/C14H20BrFN2O/c1-17-5-6-18(2)13(9-17)14(19)8-10-3-4-12(16)11(15)7-10/h3-4,7,13-14,19H,5-6,8-9H2,1-2H3. The molecule has 2 unspecified atom stereocenters. The van der Waals surface area contributed by atoms with Crippen LogP contribution >= 0.6 is 15.9 Å². The lowest BCUT2D eigenvalue weighted by atomic mass is 9.99. The van der Waals surface area contributed by atoms with E-state index in [0.717, 1.165) is 25.2 Å². The molecule has 1 saturated heterocycles. The van der Waals surface area contributed by atoms with E-state index in [9.17, 15) is 9.50 Å². The number of rotatable bonds is 3. The van der Waals surface area contributed by atoms with Crippen molar-refractivity contribution in [3.05, 3.63) is 34.1 Å². The smallest absolute Gasteiger partial charge is 0.137 e. The Morgan fingerprint density at radius 2 is 2.16 bits per heavy atom. The van der Waals surface area contributed by atoms with Crippen LogP contribution in [0.5, 0.6) is 0 Å². The van der Waals surface area contributed by atoms with Gasteiger partial charge in [0.25, 0.3) is 0 Å². The van der Waals surface area contributed by atoms with Crippen LogP contribution in [0.4, 0.5) is 4.39 Å². The molecular weight excluding hydrogens is 311 g/mol. The number of benzene rings is 1. The summed E-state index contributed by atoms with van der Waals surface area (Å²) in [5, 5.41) is 10.4. The van der Waals surface area contributed by atoms with E-state index in [4.69, 9.17) is 0 Å². The van der Waals surface area contributed by atoms with Gasteiger partial charge in [0.15, 0.2) is 0 Å². The van der Waals surface area contributed by atoms with Crippen LogP contribution in [0.2, 0.25) is 0 Å². The normalized spacial score (nSPS) is 23.5. The summed E-state index contributed by atoms with van der Waals surface area (Å²) in [6.45, 7) is 2.85. The summed E-state index contributed by atoms with van der Waals surface area (Å²) in [6.07, 6.45) is 0.104. The Bertz CT molecular complexity index is 443. The van der Waals surface area contributed by atoms with Gasteiger partial charge in [0, 0.05) is 25.7 Å². The van der Waals surface area contributed by atoms with Crippen LogP contribution in [-0.2, 0) is 6.42 Å². The van der Waals surface area contributed by atoms with Crippen molar-refractivity contribution in [2.75, 3.05) is 33.7 Å². The van der Waals surface area contributed by atoms with Crippen LogP contribution in [-0.4, -0.2) is 60.8 Å². The monoisotopic (exact) mass is 330 g/mol. The molecule has 2 rings (SSSR count). The highest BCUT2D eigenvalue weighted by atomic mass is 79.9. The minimum Gasteiger partial charge on any atom is -0.391 e. The van der Waals surface area contributed by atoms with E-state index in [2.05, 4.69) is 32.8 Å². The summed E-state index contributed by atoms with van der Waals surface area (Å²) in [6, 6.07) is 5.03. The molecule has 1 aromatic carbocycles. The lowest BCUT2D eigenvalue weighted by Gasteiger charge is -2.40. The van der Waals surface area contributed by atoms with Crippen LogP contribution in [0.25, 0.3) is 0 Å². The zero-order valence-electron chi connectivity index (χ0n) is 11.3. The predicted molar refractivity (Wildman–Crippen MR) is 77.7 cm³/mol. The van der Waals surface area contributed by atoms with Crippen molar-refractivity contribution in [1.82, 2.24) is 9.80 Å². The zero-order valence-corrected chi connectivity index (χ0v) is 12.9. The van der Waals surface area contributed by atoms with Crippen molar-refractivity contribution in [3.8, 4) is 0 Å². The van der Waals surface area contributed by atoms with Crippen molar-refractivity contribution in [3.63, 3.8) is 0 Å². The summed E-state index contributed by atoms with van der Waals surface area (Å²) in [5.41, 5.74) is 0.947. The molecule has 1 aliphatic rings. The first-order chi connectivity index (χ1) is 8.97. The minimum atomic E-state index is -0.440. The van der Waals surface area contributed by atoms with E-state index in [1.54, 1.807) is 12.1 Å². The van der Waals surface area contributed by atoms with E-state index >= 15 is 0 Å². The maximum absolute atomic E-state index is 13.2. The lowest BCUT2D eigenvalue weighted by molar-refractivity contribution is 0.0153. The molecule has 3 nitrogen and oxygen atoms in total. The van der Waals surface area contributed by atoms with E-state index in [1.807, 2.05) is 7.05 Å². The SMILES string of the molecule is CN1CCN(C)C(C(O)Cc2ccc(F)c(Br)c2)C1. The second-order valence-electron chi connectivity index (χ2n) is 5.33. The van der Waals surface area contributed by atoms with Crippen LogP contribution in [0.3, 0.4) is 0 Å². The molecule has 2 atom stereocenters. The van der Waals surface area contributed by atoms with Crippen LogP contribution in [0, 0.1) is 5.82 Å². The van der Waals surface area contributed by atoms with Crippen LogP contribution in [0.1, 0.15) is 5.56 Å². The van der Waals surface area contributed by atoms with Gasteiger partial charge < -0.3 is 10.0 Å². The molecule has 0 amide bonds. The average Bonchev–Trinajstić information content (AvgIpc) is 2.36. The number of halogens is 2. The quantitative estimate of drug-likeness (QED) is 0.914. The summed E-state index contributed by atoms with van der Waals surface area (Å²) < 4.78 is 13.6. The summed E-state index contributed by atoms with van der Waals surface area (Å²) in [5.74, 6) is -0.271. The molecule has 106 valence electrons. The number of aliphatic hydroxyl groups is 1. The molecule has 0 spiro atoms. The summed E-state index contributed by atoms with van der Waals surface area (Å²) in [4.78, 5) is 4.43. The Balaban J connectivity index is 2.03. The van der Waals surface area contributed by atoms with Gasteiger partial charge in [0.05, 0.1) is 10.6 Å². The van der Waals surface area contributed by atoms with Gasteiger partial charge in [0.2, 0.25) is 0 Å². The van der Waals surface area contributed by atoms with Gasteiger partial charge in [-0.2, -0.15) is 0 Å². The molecule has 1 N–H and O–H groups in total. The molecule has 0 saturated carbocycles. The van der Waals surface area contributed by atoms with Gasteiger partial charge in [-0.3, -0.25) is 4.90 Å². The first kappa shape index (κ1) is 14.9. The molecule has 19 heavy (non-hydrogen) atoms. The number of nitrogens with zero attached hydrogens (tertiary/aromatic N) is 2. The molecule has 5 heteroatoms. The fourth-order valence-electron chi connectivity index (χ4n) is 2.50. The third-order valence-corrected chi connectivity index (χ3v) is 4.38. The van der Waals surface area contributed by atoms with Gasteiger partial charge >= 0.3 is 0 Å². The first-order valence-corrected chi connectivity index (χ1v) is 7.27. The fourth-order valence-corrected chi connectivity index (χ4v) is 2.93. The molecular formula is C14H20BrFN2O. The van der Waals surface area contributed by atoms with Crippen molar-refractivity contribution in [2.24, 2.45) is 0 Å². The summed E-state index contributed by atoms with van der Waals surface area (Å²) in [7, 11) is 4.11. The molecule has 1 heterocycles. The largest absolute Gasteiger partial charge is 0.391 e. The number of hydrogen-bond donors (Lipinski definition) is 1. The zero-order chi connectivity index (χ0) is 14.0. The van der Waals surface area contributed by atoms with Crippen molar-refractivity contribution in [1.29, 1.82) is 0 Å². The summed E-state index contributed by atoms with van der Waals surface area (Å²) >= 11 is 3.18. The Morgan fingerprint density at radius 3 is 2.84 bits per heavy atom. The van der Waals surface area contributed by atoms with Gasteiger partial charge in [-0.15, -0.1) is 0 Å². The number of aliphatic hydroxyl groups excluding tert-OH is 1. The molecule has 0 radical (unpaired) electrons. The fraction of sp³-hybridized carbons (Fsp3) is 0.571. The Hall–Kier alpha value is -0.490. The van der Waals surface area contributed by atoms with E-state index in [0.29, 0.717) is 10.9 Å². The third kappa shape index (κ3) is 3.75. The molecule has 1 aliphatic heterocycles. The number of hydrogen-bond acceptors (Lipinski definition) is 3. The molecule has 1 aromatic rings. The van der Waals surface area contributed by atoms with Gasteiger partial charge in [-0.05, 0) is 54.1 Å². The second-order valence-corrected chi connectivity index (χ2v) is 6.18. The van der Waals surface area contributed by atoms with E-state index in [1.165, 1.54) is 6.07 Å². The van der Waals surface area contributed by atoms with Gasteiger partial charge in [-0.1, -0.05) is 6.07 Å². The van der Waals surface area contributed by atoms with Crippen molar-refractivity contribution < 1.29 is 9.50 Å². The number of likely N-dealkylation sites (N-methyl/N-ethyl adjacent to an activating group) is 2. The van der Waals surface area contributed by atoms with Gasteiger partial charge in [-0.25, -0.2) is 4.39 Å². The minimum absolute atomic E-state index is 0.127. The maximum Gasteiger partial charge on any atom is 0.137 e. The highest BCUT2D eigenvalue weighted by Gasteiger charge is 2.28. The van der Waals surface area contributed by atoms with Crippen LogP contribution < -0.4 is 0 Å². The Morgan fingerprint density at radius 1 is 1.42 bits per heavy atom. The second kappa shape index (κ2) is 6.31. The number of piperazine rings is 1. The maximum atomic E-state index is 13.2. The molecule has 0 aromatic heterocycles. The van der Waals surface area contributed by atoms with Gasteiger partial charge in [0.1, 0.15) is 5.82 Å². The van der Waals surface area contributed by atoms with E-state index < -0.39 is 6.10 Å².